The number of hydrogen-bond acceptors (Lipinski definition) is 4. The number of amides is 2. The number of rotatable bonds is 5. The van der Waals surface area contributed by atoms with Gasteiger partial charge >= 0.3 is 0 Å². The van der Waals surface area contributed by atoms with Crippen LogP contribution >= 0.6 is 0 Å². The molecule has 1 fully saturated rings. The van der Waals surface area contributed by atoms with Crippen molar-refractivity contribution in [2.45, 2.75) is 32.4 Å². The van der Waals surface area contributed by atoms with Gasteiger partial charge in [0, 0.05) is 25.2 Å². The summed E-state index contributed by atoms with van der Waals surface area (Å²) in [6.07, 6.45) is 4.46. The third-order valence-corrected chi connectivity index (χ3v) is 4.00. The summed E-state index contributed by atoms with van der Waals surface area (Å²) >= 11 is 0. The lowest BCUT2D eigenvalue weighted by atomic mass is 10.2. The summed E-state index contributed by atoms with van der Waals surface area (Å²) in [5.74, 6) is 0.0574. The van der Waals surface area contributed by atoms with Gasteiger partial charge in [0.25, 0.3) is 0 Å². The van der Waals surface area contributed by atoms with Crippen molar-refractivity contribution in [1.29, 1.82) is 0 Å². The van der Waals surface area contributed by atoms with E-state index in [2.05, 4.69) is 15.4 Å². The van der Waals surface area contributed by atoms with Gasteiger partial charge in [-0.3, -0.25) is 9.59 Å². The molecule has 1 N–H and O–H groups in total. The topological polar surface area (TPSA) is 80.1 Å². The van der Waals surface area contributed by atoms with Crippen LogP contribution in [0.4, 0.5) is 5.69 Å². The summed E-state index contributed by atoms with van der Waals surface area (Å²) in [6.45, 7) is 2.99. The van der Waals surface area contributed by atoms with Crippen molar-refractivity contribution in [1.82, 2.24) is 20.1 Å². The predicted octanol–water partition coefficient (Wildman–Crippen LogP) is 1.28. The minimum atomic E-state index is -0.404. The van der Waals surface area contributed by atoms with Crippen molar-refractivity contribution < 1.29 is 9.59 Å². The van der Waals surface area contributed by atoms with Crippen molar-refractivity contribution >= 4 is 17.5 Å². The van der Waals surface area contributed by atoms with Crippen LogP contribution in [0.3, 0.4) is 0 Å². The number of nitrogens with one attached hydrogen (secondary N) is 1. The maximum Gasteiger partial charge on any atom is 0.244 e. The highest BCUT2D eigenvalue weighted by atomic mass is 16.2. The van der Waals surface area contributed by atoms with Gasteiger partial charge < -0.3 is 10.2 Å². The molecular weight excluding hydrogens is 294 g/mol. The zero-order valence-corrected chi connectivity index (χ0v) is 13.0. The molecule has 0 radical (unpaired) electrons. The molecule has 1 unspecified atom stereocenters. The molecule has 1 aliphatic heterocycles. The molecule has 1 atom stereocenters. The van der Waals surface area contributed by atoms with Crippen molar-refractivity contribution in [2.75, 3.05) is 11.4 Å². The Morgan fingerprint density at radius 3 is 2.74 bits per heavy atom. The van der Waals surface area contributed by atoms with Crippen LogP contribution in [-0.2, 0) is 16.1 Å². The number of anilines is 1. The van der Waals surface area contributed by atoms with Crippen molar-refractivity contribution in [2.24, 2.45) is 0 Å². The number of aromatic nitrogens is 3. The second-order valence-electron chi connectivity index (χ2n) is 5.58. The first-order valence-electron chi connectivity index (χ1n) is 7.66. The Morgan fingerprint density at radius 1 is 1.35 bits per heavy atom. The predicted molar refractivity (Wildman–Crippen MR) is 84.6 cm³/mol. The summed E-state index contributed by atoms with van der Waals surface area (Å²) in [4.78, 5) is 29.4. The monoisotopic (exact) mass is 313 g/mol. The van der Waals surface area contributed by atoms with Gasteiger partial charge in [-0.1, -0.05) is 12.1 Å². The second kappa shape index (κ2) is 6.60. The van der Waals surface area contributed by atoms with E-state index in [9.17, 15) is 9.59 Å². The van der Waals surface area contributed by atoms with Gasteiger partial charge in [0.1, 0.15) is 18.7 Å². The lowest BCUT2D eigenvalue weighted by Crippen LogP contribution is -2.30. The molecule has 7 heteroatoms. The SMILES string of the molecule is CC(C(=O)NCc1ccc(N2CCCC2=O)cc1)n1cncn1. The van der Waals surface area contributed by atoms with E-state index in [0.29, 0.717) is 13.0 Å². The molecular formula is C16H19N5O2. The van der Waals surface area contributed by atoms with Crippen LogP contribution in [0.2, 0.25) is 0 Å². The van der Waals surface area contributed by atoms with Crippen LogP contribution < -0.4 is 10.2 Å². The first-order chi connectivity index (χ1) is 11.1. The molecule has 7 nitrogen and oxygen atoms in total. The Labute approximate surface area is 134 Å². The van der Waals surface area contributed by atoms with Gasteiger partial charge in [-0.2, -0.15) is 5.10 Å². The summed E-state index contributed by atoms with van der Waals surface area (Å²) in [6, 6.07) is 7.30. The molecule has 1 aliphatic rings. The molecule has 2 amide bonds. The number of carbonyl (C=O) groups is 2. The van der Waals surface area contributed by atoms with Crippen LogP contribution in [0, 0.1) is 0 Å². The average molecular weight is 313 g/mol. The lowest BCUT2D eigenvalue weighted by molar-refractivity contribution is -0.124. The van der Waals surface area contributed by atoms with Gasteiger partial charge in [-0.15, -0.1) is 0 Å². The van der Waals surface area contributed by atoms with E-state index in [1.165, 1.54) is 17.3 Å². The van der Waals surface area contributed by atoms with E-state index >= 15 is 0 Å². The van der Waals surface area contributed by atoms with E-state index in [4.69, 9.17) is 0 Å². The fourth-order valence-electron chi connectivity index (χ4n) is 2.59. The van der Waals surface area contributed by atoms with E-state index in [0.717, 1.165) is 24.2 Å². The lowest BCUT2D eigenvalue weighted by Gasteiger charge is -2.16. The molecule has 2 heterocycles. The fraction of sp³-hybridized carbons (Fsp3) is 0.375. The van der Waals surface area contributed by atoms with Crippen molar-refractivity contribution in [3.05, 3.63) is 42.5 Å². The van der Waals surface area contributed by atoms with Gasteiger partial charge in [0.2, 0.25) is 11.8 Å². The third kappa shape index (κ3) is 3.39. The highest BCUT2D eigenvalue weighted by molar-refractivity contribution is 5.95. The standard InChI is InChI=1S/C16H19N5O2/c1-12(21-11-17-10-19-21)16(23)18-9-13-4-6-14(7-5-13)20-8-2-3-15(20)22/h4-7,10-12H,2-3,8-9H2,1H3,(H,18,23). The zero-order valence-electron chi connectivity index (χ0n) is 13.0. The molecule has 0 spiro atoms. The Balaban J connectivity index is 1.56. The molecule has 1 saturated heterocycles. The van der Waals surface area contributed by atoms with Gasteiger partial charge in [0.05, 0.1) is 0 Å². The highest BCUT2D eigenvalue weighted by Crippen LogP contribution is 2.21. The molecule has 2 aromatic rings. The maximum atomic E-state index is 12.1. The zero-order chi connectivity index (χ0) is 16.2. The van der Waals surface area contributed by atoms with E-state index in [1.807, 2.05) is 24.3 Å². The average Bonchev–Trinajstić information content (AvgIpc) is 3.24. The van der Waals surface area contributed by atoms with Gasteiger partial charge in [-0.25, -0.2) is 9.67 Å². The summed E-state index contributed by atoms with van der Waals surface area (Å²) < 4.78 is 1.51. The molecule has 3 rings (SSSR count). The Morgan fingerprint density at radius 2 is 2.13 bits per heavy atom. The van der Waals surface area contributed by atoms with Crippen molar-refractivity contribution in [3.8, 4) is 0 Å². The summed E-state index contributed by atoms with van der Waals surface area (Å²) in [7, 11) is 0. The molecule has 0 aliphatic carbocycles. The molecule has 120 valence electrons. The summed E-state index contributed by atoms with van der Waals surface area (Å²) in [5, 5.41) is 6.84. The highest BCUT2D eigenvalue weighted by Gasteiger charge is 2.21. The normalized spacial score (nSPS) is 15.7. The molecule has 1 aromatic heterocycles. The fourth-order valence-corrected chi connectivity index (χ4v) is 2.59. The first-order valence-corrected chi connectivity index (χ1v) is 7.66. The Kier molecular flexibility index (Phi) is 4.36. The molecule has 23 heavy (non-hydrogen) atoms. The molecule has 1 aromatic carbocycles. The number of carbonyl (C=O) groups excluding carboxylic acids is 2. The Bertz CT molecular complexity index is 681. The summed E-state index contributed by atoms with van der Waals surface area (Å²) in [5.41, 5.74) is 1.90. The smallest absolute Gasteiger partial charge is 0.244 e. The van der Waals surface area contributed by atoms with E-state index < -0.39 is 6.04 Å². The molecule has 0 saturated carbocycles. The minimum Gasteiger partial charge on any atom is -0.350 e. The van der Waals surface area contributed by atoms with E-state index in [-0.39, 0.29) is 11.8 Å². The van der Waals surface area contributed by atoms with Gasteiger partial charge in [0.15, 0.2) is 0 Å². The molecule has 0 bridgehead atoms. The van der Waals surface area contributed by atoms with Crippen LogP contribution in [0.15, 0.2) is 36.9 Å². The quantitative estimate of drug-likeness (QED) is 0.902. The Hall–Kier alpha value is -2.70. The maximum absolute atomic E-state index is 12.1. The van der Waals surface area contributed by atoms with Crippen molar-refractivity contribution in [3.63, 3.8) is 0 Å². The van der Waals surface area contributed by atoms with Crippen LogP contribution in [0.1, 0.15) is 31.4 Å². The number of hydrogen-bond donors (Lipinski definition) is 1. The van der Waals surface area contributed by atoms with Gasteiger partial charge in [-0.05, 0) is 31.0 Å². The third-order valence-electron chi connectivity index (χ3n) is 4.00. The number of nitrogens with zero attached hydrogens (tertiary/aromatic N) is 4. The largest absolute Gasteiger partial charge is 0.350 e. The first kappa shape index (κ1) is 15.2. The van der Waals surface area contributed by atoms with Crippen LogP contribution in [0.25, 0.3) is 0 Å². The minimum absolute atomic E-state index is 0.116. The van der Waals surface area contributed by atoms with E-state index in [1.54, 1.807) is 11.8 Å². The number of benzene rings is 1. The van der Waals surface area contributed by atoms with Crippen LogP contribution in [-0.4, -0.2) is 33.1 Å². The second-order valence-corrected chi connectivity index (χ2v) is 5.58. The van der Waals surface area contributed by atoms with Crippen LogP contribution in [0.5, 0.6) is 0 Å².